The highest BCUT2D eigenvalue weighted by Gasteiger charge is 2.08. The van der Waals surface area contributed by atoms with Crippen LogP contribution in [0.2, 0.25) is 0 Å². The van der Waals surface area contributed by atoms with Crippen LogP contribution in [0.25, 0.3) is 10.8 Å². The van der Waals surface area contributed by atoms with Gasteiger partial charge in [-0.1, -0.05) is 18.2 Å². The highest BCUT2D eigenvalue weighted by molar-refractivity contribution is 14.0. The monoisotopic (exact) mass is 498 g/mol. The zero-order chi connectivity index (χ0) is 18.2. The number of rotatable bonds is 7. The quantitative estimate of drug-likeness (QED) is 0.289. The summed E-state index contributed by atoms with van der Waals surface area (Å²) in [6.07, 6.45) is 1.67. The van der Waals surface area contributed by atoms with Crippen molar-refractivity contribution in [1.29, 1.82) is 0 Å². The van der Waals surface area contributed by atoms with Crippen molar-refractivity contribution in [2.75, 3.05) is 13.7 Å². The maximum absolute atomic E-state index is 5.54. The molecule has 0 amide bonds. The molecule has 0 spiro atoms. The van der Waals surface area contributed by atoms with Crippen LogP contribution in [0.1, 0.15) is 18.2 Å². The summed E-state index contributed by atoms with van der Waals surface area (Å²) < 4.78 is 10.8. The molecule has 2 aromatic heterocycles. The SMILES string of the molecule is CCNC(=NCc1cccc(OC)c1)NCc1coc(-c2cccs2)n1.I. The van der Waals surface area contributed by atoms with Gasteiger partial charge in [-0.15, -0.1) is 35.3 Å². The minimum Gasteiger partial charge on any atom is -0.497 e. The van der Waals surface area contributed by atoms with Crippen LogP contribution in [0.4, 0.5) is 0 Å². The third kappa shape index (κ3) is 6.24. The van der Waals surface area contributed by atoms with Crippen LogP contribution in [-0.2, 0) is 13.1 Å². The first-order valence-corrected chi connectivity index (χ1v) is 9.30. The molecule has 8 heteroatoms. The van der Waals surface area contributed by atoms with Crippen molar-refractivity contribution in [3.63, 3.8) is 0 Å². The predicted octanol–water partition coefficient (Wildman–Crippen LogP) is 4.29. The first-order valence-electron chi connectivity index (χ1n) is 8.42. The lowest BCUT2D eigenvalue weighted by atomic mass is 10.2. The van der Waals surface area contributed by atoms with E-state index in [0.717, 1.165) is 34.4 Å². The average Bonchev–Trinajstić information content (AvgIpc) is 3.35. The maximum atomic E-state index is 5.54. The fourth-order valence-corrected chi connectivity index (χ4v) is 3.01. The van der Waals surface area contributed by atoms with E-state index in [2.05, 4.69) is 20.6 Å². The van der Waals surface area contributed by atoms with Gasteiger partial charge < -0.3 is 19.8 Å². The Morgan fingerprint density at radius 3 is 2.89 bits per heavy atom. The van der Waals surface area contributed by atoms with Crippen LogP contribution in [-0.4, -0.2) is 24.6 Å². The predicted molar refractivity (Wildman–Crippen MR) is 120 cm³/mol. The second kappa shape index (κ2) is 10.9. The van der Waals surface area contributed by atoms with Gasteiger partial charge in [-0.05, 0) is 36.1 Å². The smallest absolute Gasteiger partial charge is 0.236 e. The van der Waals surface area contributed by atoms with E-state index >= 15 is 0 Å². The van der Waals surface area contributed by atoms with Gasteiger partial charge in [0.15, 0.2) is 5.96 Å². The van der Waals surface area contributed by atoms with Crippen molar-refractivity contribution < 1.29 is 9.15 Å². The standard InChI is InChI=1S/C19H22N4O2S.HI/c1-3-20-19(21-11-14-6-4-7-16(10-14)24-2)22-12-15-13-25-18(23-15)17-8-5-9-26-17;/h4-10,13H,3,11-12H2,1-2H3,(H2,20,21,22);1H. The molecule has 0 saturated heterocycles. The van der Waals surface area contributed by atoms with Crippen LogP contribution in [0.3, 0.4) is 0 Å². The van der Waals surface area contributed by atoms with Gasteiger partial charge >= 0.3 is 0 Å². The molecule has 0 aliphatic heterocycles. The molecule has 0 aliphatic rings. The molecule has 0 bridgehead atoms. The summed E-state index contributed by atoms with van der Waals surface area (Å²) in [4.78, 5) is 10.1. The van der Waals surface area contributed by atoms with Crippen LogP contribution < -0.4 is 15.4 Å². The van der Waals surface area contributed by atoms with Gasteiger partial charge in [0, 0.05) is 6.54 Å². The molecule has 3 aromatic rings. The number of hydrogen-bond donors (Lipinski definition) is 2. The number of nitrogens with zero attached hydrogens (tertiary/aromatic N) is 2. The molecule has 0 atom stereocenters. The van der Waals surface area contributed by atoms with E-state index in [4.69, 9.17) is 9.15 Å². The molecule has 0 saturated carbocycles. The molecule has 1 aromatic carbocycles. The Labute approximate surface area is 180 Å². The Bertz CT molecular complexity index is 849. The van der Waals surface area contributed by atoms with Gasteiger partial charge in [0.1, 0.15) is 12.0 Å². The Morgan fingerprint density at radius 1 is 1.26 bits per heavy atom. The molecule has 3 rings (SSSR count). The highest BCUT2D eigenvalue weighted by Crippen LogP contribution is 2.23. The summed E-state index contributed by atoms with van der Waals surface area (Å²) in [6.45, 7) is 3.92. The number of guanidine groups is 1. The number of thiophene rings is 1. The van der Waals surface area contributed by atoms with Gasteiger partial charge in [-0.3, -0.25) is 0 Å². The van der Waals surface area contributed by atoms with Gasteiger partial charge in [-0.2, -0.15) is 0 Å². The fourth-order valence-electron chi connectivity index (χ4n) is 2.36. The zero-order valence-electron chi connectivity index (χ0n) is 15.3. The minimum absolute atomic E-state index is 0. The van der Waals surface area contributed by atoms with Crippen molar-refractivity contribution in [3.8, 4) is 16.5 Å². The summed E-state index contributed by atoms with van der Waals surface area (Å²) in [5.41, 5.74) is 1.92. The van der Waals surface area contributed by atoms with Crippen LogP contribution in [0.15, 0.2) is 57.5 Å². The van der Waals surface area contributed by atoms with Gasteiger partial charge in [-0.25, -0.2) is 9.98 Å². The topological polar surface area (TPSA) is 71.7 Å². The number of aromatic nitrogens is 1. The van der Waals surface area contributed by atoms with E-state index in [-0.39, 0.29) is 24.0 Å². The van der Waals surface area contributed by atoms with Gasteiger partial charge in [0.05, 0.1) is 30.8 Å². The van der Waals surface area contributed by atoms with E-state index in [1.807, 2.05) is 48.7 Å². The molecular formula is C19H23IN4O2S. The average molecular weight is 498 g/mol. The number of methoxy groups -OCH3 is 1. The minimum atomic E-state index is 0. The van der Waals surface area contributed by atoms with Gasteiger partial charge in [0.2, 0.25) is 5.89 Å². The van der Waals surface area contributed by atoms with E-state index in [0.29, 0.717) is 19.0 Å². The van der Waals surface area contributed by atoms with Gasteiger partial charge in [0.25, 0.3) is 0 Å². The number of halogens is 1. The number of oxazole rings is 1. The van der Waals surface area contributed by atoms with Crippen LogP contribution >= 0.6 is 35.3 Å². The Kier molecular flexibility index (Phi) is 8.59. The number of nitrogens with one attached hydrogen (secondary N) is 2. The lowest BCUT2D eigenvalue weighted by Crippen LogP contribution is -2.36. The molecule has 2 N–H and O–H groups in total. The molecule has 2 heterocycles. The summed E-state index contributed by atoms with van der Waals surface area (Å²) in [7, 11) is 1.66. The Balaban J connectivity index is 0.00000261. The van der Waals surface area contributed by atoms with Crippen molar-refractivity contribution >= 4 is 41.3 Å². The van der Waals surface area contributed by atoms with E-state index in [1.165, 1.54) is 0 Å². The summed E-state index contributed by atoms with van der Waals surface area (Å²) in [5, 5.41) is 8.53. The lowest BCUT2D eigenvalue weighted by Gasteiger charge is -2.10. The van der Waals surface area contributed by atoms with E-state index in [9.17, 15) is 0 Å². The lowest BCUT2D eigenvalue weighted by molar-refractivity contribution is 0.414. The summed E-state index contributed by atoms with van der Waals surface area (Å²) in [5.74, 6) is 2.21. The van der Waals surface area contributed by atoms with Crippen molar-refractivity contribution in [2.45, 2.75) is 20.0 Å². The third-order valence-electron chi connectivity index (χ3n) is 3.62. The number of aliphatic imine (C=N–C) groups is 1. The van der Waals surface area contributed by atoms with Crippen molar-refractivity contribution in [1.82, 2.24) is 15.6 Å². The number of benzene rings is 1. The maximum Gasteiger partial charge on any atom is 0.236 e. The summed E-state index contributed by atoms with van der Waals surface area (Å²) >= 11 is 1.61. The van der Waals surface area contributed by atoms with Crippen LogP contribution in [0.5, 0.6) is 5.75 Å². The second-order valence-corrected chi connectivity index (χ2v) is 6.47. The number of ether oxygens (including phenoxy) is 1. The molecule has 0 fully saturated rings. The van der Waals surface area contributed by atoms with Crippen molar-refractivity contribution in [2.24, 2.45) is 4.99 Å². The molecule has 0 radical (unpaired) electrons. The largest absolute Gasteiger partial charge is 0.497 e. The highest BCUT2D eigenvalue weighted by atomic mass is 127. The molecule has 0 aliphatic carbocycles. The zero-order valence-corrected chi connectivity index (χ0v) is 18.4. The van der Waals surface area contributed by atoms with E-state index < -0.39 is 0 Å². The normalized spacial score (nSPS) is 11.0. The fraction of sp³-hybridized carbons (Fsp3) is 0.263. The first-order chi connectivity index (χ1) is 12.8. The third-order valence-corrected chi connectivity index (χ3v) is 4.48. The molecular weight excluding hydrogens is 475 g/mol. The van der Waals surface area contributed by atoms with E-state index in [1.54, 1.807) is 24.7 Å². The number of hydrogen-bond acceptors (Lipinski definition) is 5. The molecule has 27 heavy (non-hydrogen) atoms. The summed E-state index contributed by atoms with van der Waals surface area (Å²) in [6, 6.07) is 11.9. The molecule has 6 nitrogen and oxygen atoms in total. The Hall–Kier alpha value is -2.07. The Morgan fingerprint density at radius 2 is 2.15 bits per heavy atom. The molecule has 144 valence electrons. The van der Waals surface area contributed by atoms with Crippen LogP contribution in [0, 0.1) is 0 Å². The first kappa shape index (κ1) is 21.2. The second-order valence-electron chi connectivity index (χ2n) is 5.52. The molecule has 0 unspecified atom stereocenters. The van der Waals surface area contributed by atoms with Crippen molar-refractivity contribution in [3.05, 3.63) is 59.3 Å².